The standard InChI is InChI=1S/C12H18O2S/c1-10(6-7-13)15-9-11-4-3-5-12(8-11)14-2/h3-5,8,10,13H,6-7,9H2,1-2H3. The molecule has 3 heteroatoms. The molecule has 1 aromatic rings. The Kier molecular flexibility index (Phi) is 5.58. The second kappa shape index (κ2) is 6.75. The van der Waals surface area contributed by atoms with Gasteiger partial charge in [0.25, 0.3) is 0 Å². The van der Waals surface area contributed by atoms with Gasteiger partial charge in [-0.15, -0.1) is 0 Å². The van der Waals surface area contributed by atoms with Crippen LogP contribution in [0.5, 0.6) is 5.75 Å². The number of ether oxygens (including phenoxy) is 1. The van der Waals surface area contributed by atoms with Gasteiger partial charge in [0.1, 0.15) is 5.75 Å². The topological polar surface area (TPSA) is 29.5 Å². The molecule has 0 saturated heterocycles. The summed E-state index contributed by atoms with van der Waals surface area (Å²) < 4.78 is 5.16. The first-order valence-electron chi connectivity index (χ1n) is 5.11. The number of hydrogen-bond donors (Lipinski definition) is 1. The highest BCUT2D eigenvalue weighted by molar-refractivity contribution is 7.99. The smallest absolute Gasteiger partial charge is 0.119 e. The Bertz CT molecular complexity index is 289. The summed E-state index contributed by atoms with van der Waals surface area (Å²) in [4.78, 5) is 0. The van der Waals surface area contributed by atoms with Crippen LogP contribution in [0, 0.1) is 0 Å². The third-order valence-electron chi connectivity index (χ3n) is 2.20. The van der Waals surface area contributed by atoms with Gasteiger partial charge in [-0.2, -0.15) is 11.8 Å². The minimum atomic E-state index is 0.270. The molecule has 1 N–H and O–H groups in total. The van der Waals surface area contributed by atoms with E-state index in [0.717, 1.165) is 17.9 Å². The van der Waals surface area contributed by atoms with Crippen LogP contribution in [-0.2, 0) is 5.75 Å². The Balaban J connectivity index is 2.43. The number of thioether (sulfide) groups is 1. The van der Waals surface area contributed by atoms with Crippen LogP contribution in [0.4, 0.5) is 0 Å². The highest BCUT2D eigenvalue weighted by atomic mass is 32.2. The Morgan fingerprint density at radius 1 is 1.47 bits per heavy atom. The van der Waals surface area contributed by atoms with E-state index < -0.39 is 0 Å². The molecule has 0 aliphatic carbocycles. The minimum absolute atomic E-state index is 0.270. The third kappa shape index (κ3) is 4.58. The van der Waals surface area contributed by atoms with Crippen molar-refractivity contribution in [1.82, 2.24) is 0 Å². The number of rotatable bonds is 6. The molecular weight excluding hydrogens is 208 g/mol. The van der Waals surface area contributed by atoms with Crippen molar-refractivity contribution in [3.63, 3.8) is 0 Å². The van der Waals surface area contributed by atoms with E-state index in [-0.39, 0.29) is 6.61 Å². The first-order valence-corrected chi connectivity index (χ1v) is 6.16. The zero-order valence-electron chi connectivity index (χ0n) is 9.27. The summed E-state index contributed by atoms with van der Waals surface area (Å²) >= 11 is 1.86. The summed E-state index contributed by atoms with van der Waals surface area (Å²) in [5.74, 6) is 1.88. The van der Waals surface area contributed by atoms with Gasteiger partial charge in [0.15, 0.2) is 0 Å². The number of aliphatic hydroxyl groups is 1. The van der Waals surface area contributed by atoms with E-state index in [4.69, 9.17) is 9.84 Å². The second-order valence-corrected chi connectivity index (χ2v) is 4.91. The summed E-state index contributed by atoms with van der Waals surface area (Å²) in [6.45, 7) is 2.41. The van der Waals surface area contributed by atoms with E-state index >= 15 is 0 Å². The van der Waals surface area contributed by atoms with Crippen molar-refractivity contribution >= 4 is 11.8 Å². The average Bonchev–Trinajstić information content (AvgIpc) is 2.27. The summed E-state index contributed by atoms with van der Waals surface area (Å²) in [6, 6.07) is 8.11. The number of methoxy groups -OCH3 is 1. The molecule has 84 valence electrons. The van der Waals surface area contributed by atoms with Gasteiger partial charge in [-0.1, -0.05) is 19.1 Å². The summed E-state index contributed by atoms with van der Waals surface area (Å²) in [6.07, 6.45) is 0.856. The summed E-state index contributed by atoms with van der Waals surface area (Å²) in [5, 5.41) is 9.28. The summed E-state index contributed by atoms with van der Waals surface area (Å²) in [7, 11) is 1.68. The maximum Gasteiger partial charge on any atom is 0.119 e. The van der Waals surface area contributed by atoms with Crippen molar-refractivity contribution in [2.45, 2.75) is 24.3 Å². The lowest BCUT2D eigenvalue weighted by Gasteiger charge is -2.09. The monoisotopic (exact) mass is 226 g/mol. The SMILES string of the molecule is COc1cccc(CSC(C)CCO)c1. The molecule has 1 unspecified atom stereocenters. The summed E-state index contributed by atoms with van der Waals surface area (Å²) in [5.41, 5.74) is 1.27. The van der Waals surface area contributed by atoms with E-state index in [1.807, 2.05) is 23.9 Å². The van der Waals surface area contributed by atoms with Crippen molar-refractivity contribution < 1.29 is 9.84 Å². The molecule has 0 aliphatic heterocycles. The molecule has 0 fully saturated rings. The van der Waals surface area contributed by atoms with Crippen molar-refractivity contribution in [2.24, 2.45) is 0 Å². The molecule has 1 aromatic carbocycles. The molecule has 0 heterocycles. The predicted octanol–water partition coefficient (Wildman–Crippen LogP) is 2.70. The van der Waals surface area contributed by atoms with Crippen LogP contribution in [0.1, 0.15) is 18.9 Å². The first kappa shape index (κ1) is 12.4. The van der Waals surface area contributed by atoms with E-state index in [1.54, 1.807) is 7.11 Å². The fraction of sp³-hybridized carbons (Fsp3) is 0.500. The normalized spacial score (nSPS) is 12.5. The molecule has 1 atom stereocenters. The highest BCUT2D eigenvalue weighted by Crippen LogP contribution is 2.22. The lowest BCUT2D eigenvalue weighted by atomic mass is 10.2. The van der Waals surface area contributed by atoms with Gasteiger partial charge in [0, 0.05) is 17.6 Å². The van der Waals surface area contributed by atoms with Gasteiger partial charge in [0.05, 0.1) is 7.11 Å². The second-order valence-electron chi connectivity index (χ2n) is 3.49. The first-order chi connectivity index (χ1) is 7.26. The molecule has 0 saturated carbocycles. The van der Waals surface area contributed by atoms with Crippen LogP contribution in [-0.4, -0.2) is 24.1 Å². The van der Waals surface area contributed by atoms with Crippen molar-refractivity contribution in [3.8, 4) is 5.75 Å². The van der Waals surface area contributed by atoms with Gasteiger partial charge in [-0.05, 0) is 24.1 Å². The molecule has 15 heavy (non-hydrogen) atoms. The van der Waals surface area contributed by atoms with Gasteiger partial charge in [-0.3, -0.25) is 0 Å². The Morgan fingerprint density at radius 3 is 2.93 bits per heavy atom. The molecule has 0 radical (unpaired) electrons. The maximum atomic E-state index is 8.78. The number of aliphatic hydroxyl groups excluding tert-OH is 1. The predicted molar refractivity (Wildman–Crippen MR) is 65.5 cm³/mol. The van der Waals surface area contributed by atoms with Crippen LogP contribution in [0.15, 0.2) is 24.3 Å². The van der Waals surface area contributed by atoms with Crippen LogP contribution < -0.4 is 4.74 Å². The Labute approximate surface area is 95.7 Å². The van der Waals surface area contributed by atoms with Gasteiger partial charge in [-0.25, -0.2) is 0 Å². The van der Waals surface area contributed by atoms with Gasteiger partial charge in [0.2, 0.25) is 0 Å². The van der Waals surface area contributed by atoms with Gasteiger partial charge < -0.3 is 9.84 Å². The molecule has 0 aromatic heterocycles. The molecule has 0 bridgehead atoms. The van der Waals surface area contributed by atoms with E-state index in [2.05, 4.69) is 19.1 Å². The van der Waals surface area contributed by atoms with Crippen molar-refractivity contribution in [2.75, 3.05) is 13.7 Å². The van der Waals surface area contributed by atoms with Crippen LogP contribution >= 0.6 is 11.8 Å². The molecule has 0 aliphatic rings. The number of hydrogen-bond acceptors (Lipinski definition) is 3. The van der Waals surface area contributed by atoms with E-state index in [0.29, 0.717) is 5.25 Å². The third-order valence-corrected chi connectivity index (χ3v) is 3.51. The fourth-order valence-electron chi connectivity index (χ4n) is 1.27. The Hall–Kier alpha value is -0.670. The van der Waals surface area contributed by atoms with E-state index in [1.165, 1.54) is 5.56 Å². The minimum Gasteiger partial charge on any atom is -0.497 e. The van der Waals surface area contributed by atoms with Gasteiger partial charge >= 0.3 is 0 Å². The lowest BCUT2D eigenvalue weighted by Crippen LogP contribution is -1.99. The molecule has 0 spiro atoms. The quantitative estimate of drug-likeness (QED) is 0.808. The maximum absolute atomic E-state index is 8.78. The van der Waals surface area contributed by atoms with Crippen molar-refractivity contribution in [3.05, 3.63) is 29.8 Å². The van der Waals surface area contributed by atoms with Crippen LogP contribution in [0.2, 0.25) is 0 Å². The fourth-order valence-corrected chi connectivity index (χ4v) is 2.19. The van der Waals surface area contributed by atoms with Crippen molar-refractivity contribution in [1.29, 1.82) is 0 Å². The van der Waals surface area contributed by atoms with Crippen LogP contribution in [0.25, 0.3) is 0 Å². The molecule has 0 amide bonds. The highest BCUT2D eigenvalue weighted by Gasteiger charge is 2.02. The molecular formula is C12H18O2S. The largest absolute Gasteiger partial charge is 0.497 e. The van der Waals surface area contributed by atoms with Crippen LogP contribution in [0.3, 0.4) is 0 Å². The lowest BCUT2D eigenvalue weighted by molar-refractivity contribution is 0.289. The molecule has 2 nitrogen and oxygen atoms in total. The average molecular weight is 226 g/mol. The number of benzene rings is 1. The zero-order valence-corrected chi connectivity index (χ0v) is 10.1. The molecule has 1 rings (SSSR count). The van der Waals surface area contributed by atoms with E-state index in [9.17, 15) is 0 Å². The zero-order chi connectivity index (χ0) is 11.1. The Morgan fingerprint density at radius 2 is 2.27 bits per heavy atom.